The van der Waals surface area contributed by atoms with Gasteiger partial charge in [-0.1, -0.05) is 12.1 Å². The molecule has 0 spiro atoms. The number of nitrogens with zero attached hydrogens (tertiary/aromatic N) is 3. The average Bonchev–Trinajstić information content (AvgIpc) is 3.39. The van der Waals surface area contributed by atoms with Gasteiger partial charge in [-0.05, 0) is 42.8 Å². The quantitative estimate of drug-likeness (QED) is 0.583. The highest BCUT2D eigenvalue weighted by molar-refractivity contribution is 7.13. The molecule has 2 heterocycles. The Bertz CT molecular complexity index is 1030. The smallest absolute Gasteiger partial charge is 0.206 e. The normalized spacial score (nSPS) is 15.9. The first-order valence-corrected chi connectivity index (χ1v) is 10.2. The van der Waals surface area contributed by atoms with E-state index in [4.69, 9.17) is 19.3 Å². The summed E-state index contributed by atoms with van der Waals surface area (Å²) in [6, 6.07) is 14.1. The summed E-state index contributed by atoms with van der Waals surface area (Å²) < 4.78 is 16.1. The third-order valence-corrected chi connectivity index (χ3v) is 5.88. The minimum absolute atomic E-state index is 0.0644. The number of anilines is 1. The molecular weight excluding hydrogens is 386 g/mol. The molecule has 1 aromatic heterocycles. The third-order valence-electron chi connectivity index (χ3n) is 4.93. The number of hydrogen-bond donors (Lipinski definition) is 0. The molecule has 1 atom stereocenters. The van der Waals surface area contributed by atoms with E-state index in [1.165, 1.54) is 0 Å². The highest BCUT2D eigenvalue weighted by Gasteiger charge is 2.32. The standard InChI is InChI=1S/C22H23N3O3S/c1-14-13-29-22(23-14)25-19(15-5-8-17(26-2)9-6-15)12-18(24-25)16-7-10-20(27-3)21(11-16)28-4/h5-11,13,19H,12H2,1-4H3. The van der Waals surface area contributed by atoms with Crippen LogP contribution >= 0.6 is 11.3 Å². The maximum Gasteiger partial charge on any atom is 0.206 e. The summed E-state index contributed by atoms with van der Waals surface area (Å²) >= 11 is 1.60. The van der Waals surface area contributed by atoms with E-state index in [1.54, 1.807) is 32.7 Å². The lowest BCUT2D eigenvalue weighted by Crippen LogP contribution is -2.18. The van der Waals surface area contributed by atoms with Crippen LogP contribution in [0.4, 0.5) is 5.13 Å². The molecule has 3 aromatic rings. The fraction of sp³-hybridized carbons (Fsp3) is 0.273. The lowest BCUT2D eigenvalue weighted by atomic mass is 9.98. The van der Waals surface area contributed by atoms with Crippen molar-refractivity contribution in [2.45, 2.75) is 19.4 Å². The highest BCUT2D eigenvalue weighted by atomic mass is 32.1. The Labute approximate surface area is 174 Å². The number of ether oxygens (including phenoxy) is 3. The first-order valence-electron chi connectivity index (χ1n) is 9.28. The maximum absolute atomic E-state index is 5.47. The maximum atomic E-state index is 5.47. The molecule has 4 rings (SSSR count). The summed E-state index contributed by atoms with van der Waals surface area (Å²) in [5, 5.41) is 9.90. The number of hydrazone groups is 1. The minimum Gasteiger partial charge on any atom is -0.497 e. The Hall–Kier alpha value is -3.06. The summed E-state index contributed by atoms with van der Waals surface area (Å²) in [7, 11) is 4.95. The second-order valence-electron chi connectivity index (χ2n) is 6.73. The van der Waals surface area contributed by atoms with E-state index in [-0.39, 0.29) is 6.04 Å². The lowest BCUT2D eigenvalue weighted by Gasteiger charge is -2.21. The molecule has 0 amide bonds. The molecule has 0 saturated carbocycles. The SMILES string of the molecule is COc1ccc(C2CC(c3ccc(OC)c(OC)c3)=NN2c2nc(C)cs2)cc1. The van der Waals surface area contributed by atoms with E-state index in [0.717, 1.165) is 39.8 Å². The van der Waals surface area contributed by atoms with E-state index >= 15 is 0 Å². The van der Waals surface area contributed by atoms with Crippen LogP contribution in [-0.4, -0.2) is 32.0 Å². The van der Waals surface area contributed by atoms with Gasteiger partial charge in [0.1, 0.15) is 5.75 Å². The van der Waals surface area contributed by atoms with Crippen molar-refractivity contribution in [1.29, 1.82) is 0 Å². The predicted molar refractivity (Wildman–Crippen MR) is 116 cm³/mol. The number of rotatable bonds is 6. The van der Waals surface area contributed by atoms with Crippen LogP contribution in [0.1, 0.15) is 29.3 Å². The van der Waals surface area contributed by atoms with E-state index in [0.29, 0.717) is 11.5 Å². The molecule has 1 aliphatic rings. The van der Waals surface area contributed by atoms with E-state index in [9.17, 15) is 0 Å². The Morgan fingerprint density at radius 1 is 0.966 bits per heavy atom. The molecule has 0 N–H and O–H groups in total. The Morgan fingerprint density at radius 2 is 1.72 bits per heavy atom. The van der Waals surface area contributed by atoms with Crippen molar-refractivity contribution >= 4 is 22.2 Å². The molecule has 0 saturated heterocycles. The van der Waals surface area contributed by atoms with E-state index < -0.39 is 0 Å². The van der Waals surface area contributed by atoms with Crippen molar-refractivity contribution in [2.75, 3.05) is 26.3 Å². The zero-order valence-corrected chi connectivity index (χ0v) is 17.7. The minimum atomic E-state index is 0.0644. The number of aryl methyl sites for hydroxylation is 1. The van der Waals surface area contributed by atoms with Gasteiger partial charge in [0.25, 0.3) is 0 Å². The van der Waals surface area contributed by atoms with Crippen LogP contribution in [0.5, 0.6) is 17.2 Å². The fourth-order valence-corrected chi connectivity index (χ4v) is 4.21. The van der Waals surface area contributed by atoms with Gasteiger partial charge in [-0.15, -0.1) is 11.3 Å². The first kappa shape index (κ1) is 19.3. The molecular formula is C22H23N3O3S. The molecule has 7 heteroatoms. The number of benzene rings is 2. The van der Waals surface area contributed by atoms with Gasteiger partial charge >= 0.3 is 0 Å². The summed E-state index contributed by atoms with van der Waals surface area (Å²) in [4.78, 5) is 4.66. The predicted octanol–water partition coefficient (Wildman–Crippen LogP) is 4.83. The van der Waals surface area contributed by atoms with Crippen molar-refractivity contribution in [2.24, 2.45) is 5.10 Å². The lowest BCUT2D eigenvalue weighted by molar-refractivity contribution is 0.355. The van der Waals surface area contributed by atoms with Crippen LogP contribution in [0.15, 0.2) is 52.9 Å². The zero-order valence-electron chi connectivity index (χ0n) is 16.9. The molecule has 0 bridgehead atoms. The van der Waals surface area contributed by atoms with Crippen LogP contribution in [0.3, 0.4) is 0 Å². The molecule has 0 radical (unpaired) electrons. The molecule has 6 nitrogen and oxygen atoms in total. The fourth-order valence-electron chi connectivity index (χ4n) is 3.41. The topological polar surface area (TPSA) is 56.2 Å². The molecule has 29 heavy (non-hydrogen) atoms. The van der Waals surface area contributed by atoms with Gasteiger partial charge in [-0.3, -0.25) is 0 Å². The van der Waals surface area contributed by atoms with E-state index in [1.807, 2.05) is 47.6 Å². The number of aromatic nitrogens is 1. The molecule has 150 valence electrons. The van der Waals surface area contributed by atoms with Crippen molar-refractivity contribution < 1.29 is 14.2 Å². The van der Waals surface area contributed by atoms with E-state index in [2.05, 4.69) is 17.1 Å². The highest BCUT2D eigenvalue weighted by Crippen LogP contribution is 2.39. The molecule has 0 aliphatic carbocycles. The van der Waals surface area contributed by atoms with Gasteiger partial charge in [0.05, 0.1) is 38.8 Å². The van der Waals surface area contributed by atoms with Crippen LogP contribution in [0, 0.1) is 6.92 Å². The summed E-state index contributed by atoms with van der Waals surface area (Å²) in [6.07, 6.45) is 0.764. The molecule has 1 unspecified atom stereocenters. The Kier molecular flexibility index (Phi) is 5.40. The van der Waals surface area contributed by atoms with Gasteiger partial charge in [-0.2, -0.15) is 5.10 Å². The van der Waals surface area contributed by atoms with Crippen molar-refractivity contribution in [3.63, 3.8) is 0 Å². The molecule has 0 fully saturated rings. The number of methoxy groups -OCH3 is 3. The Morgan fingerprint density at radius 3 is 2.34 bits per heavy atom. The van der Waals surface area contributed by atoms with Crippen molar-refractivity contribution in [3.05, 3.63) is 64.7 Å². The second-order valence-corrected chi connectivity index (χ2v) is 7.56. The molecule has 2 aromatic carbocycles. The first-order chi connectivity index (χ1) is 14.1. The molecule has 1 aliphatic heterocycles. The Balaban J connectivity index is 1.72. The van der Waals surface area contributed by atoms with Crippen LogP contribution in [0.2, 0.25) is 0 Å². The van der Waals surface area contributed by atoms with Crippen LogP contribution < -0.4 is 19.2 Å². The van der Waals surface area contributed by atoms with Gasteiger partial charge in [0, 0.05) is 17.4 Å². The third kappa shape index (κ3) is 3.78. The van der Waals surface area contributed by atoms with Gasteiger partial charge in [-0.25, -0.2) is 9.99 Å². The summed E-state index contributed by atoms with van der Waals surface area (Å²) in [5.41, 5.74) is 4.16. The monoisotopic (exact) mass is 409 g/mol. The van der Waals surface area contributed by atoms with Crippen molar-refractivity contribution in [1.82, 2.24) is 4.98 Å². The number of hydrogen-bond acceptors (Lipinski definition) is 7. The van der Waals surface area contributed by atoms with Crippen molar-refractivity contribution in [3.8, 4) is 17.2 Å². The second kappa shape index (κ2) is 8.13. The van der Waals surface area contributed by atoms with Gasteiger partial charge in [0.15, 0.2) is 11.5 Å². The summed E-state index contributed by atoms with van der Waals surface area (Å²) in [5.74, 6) is 2.23. The number of thiazole rings is 1. The summed E-state index contributed by atoms with van der Waals surface area (Å²) in [6.45, 7) is 2.00. The average molecular weight is 410 g/mol. The largest absolute Gasteiger partial charge is 0.497 e. The van der Waals surface area contributed by atoms with Crippen LogP contribution in [0.25, 0.3) is 0 Å². The van der Waals surface area contributed by atoms with Gasteiger partial charge < -0.3 is 14.2 Å². The zero-order chi connectivity index (χ0) is 20.4. The van der Waals surface area contributed by atoms with Crippen LogP contribution in [-0.2, 0) is 0 Å². The van der Waals surface area contributed by atoms with Gasteiger partial charge in [0.2, 0.25) is 5.13 Å².